The van der Waals surface area contributed by atoms with Crippen molar-refractivity contribution in [2.24, 2.45) is 7.05 Å². The van der Waals surface area contributed by atoms with Gasteiger partial charge in [0, 0.05) is 41.3 Å². The summed E-state index contributed by atoms with van der Waals surface area (Å²) in [5, 5.41) is 14.3. The fraction of sp³-hybridized carbons (Fsp3) is 0.188. The summed E-state index contributed by atoms with van der Waals surface area (Å²) in [6.07, 6.45) is 0.260. The molecule has 0 radical (unpaired) electrons. The summed E-state index contributed by atoms with van der Waals surface area (Å²) in [4.78, 5) is 4.00. The Morgan fingerprint density at radius 1 is 1.29 bits per heavy atom. The average molecular weight is 332 g/mol. The maximum absolute atomic E-state index is 12.4. The Morgan fingerprint density at radius 3 is 2.71 bits per heavy atom. The molecule has 0 unspecified atom stereocenters. The summed E-state index contributed by atoms with van der Waals surface area (Å²) < 4.78 is 43.7. The van der Waals surface area contributed by atoms with Gasteiger partial charge in [0.2, 0.25) is 5.88 Å². The molecule has 0 N–H and O–H groups in total. The van der Waals surface area contributed by atoms with Crippen LogP contribution < -0.4 is 4.74 Å². The normalized spacial score (nSPS) is 11.5. The van der Waals surface area contributed by atoms with E-state index in [9.17, 15) is 18.4 Å². The number of hydrogen-bond donors (Lipinski definition) is 0. The van der Waals surface area contributed by atoms with E-state index < -0.39 is 12.8 Å². The van der Waals surface area contributed by atoms with Gasteiger partial charge in [-0.3, -0.25) is 4.68 Å². The van der Waals surface area contributed by atoms with Gasteiger partial charge in [-0.1, -0.05) is 6.07 Å². The van der Waals surface area contributed by atoms with E-state index in [0.29, 0.717) is 27.5 Å². The molecule has 0 saturated carbocycles. The lowest BCUT2D eigenvalue weighted by Crippen LogP contribution is -2.19. The number of rotatable bonds is 3. The minimum absolute atomic E-state index is 0.160. The molecular formula is C16H11F3N4O. The highest BCUT2D eigenvalue weighted by Crippen LogP contribution is 2.35. The predicted octanol–water partition coefficient (Wildman–Crippen LogP) is 3.45. The lowest BCUT2D eigenvalue weighted by atomic mass is 9.99. The first-order valence-corrected chi connectivity index (χ1v) is 6.89. The van der Waals surface area contributed by atoms with Crippen LogP contribution >= 0.6 is 0 Å². The maximum Gasteiger partial charge on any atom is 0.422 e. The average Bonchev–Trinajstić information content (AvgIpc) is 2.97. The third-order valence-corrected chi connectivity index (χ3v) is 3.38. The van der Waals surface area contributed by atoms with Crippen molar-refractivity contribution < 1.29 is 17.9 Å². The Labute approximate surface area is 134 Å². The van der Waals surface area contributed by atoms with Crippen molar-refractivity contribution >= 4 is 10.8 Å². The molecule has 0 fully saturated rings. The molecule has 0 aliphatic heterocycles. The van der Waals surface area contributed by atoms with Gasteiger partial charge in [-0.05, 0) is 12.1 Å². The topological polar surface area (TPSA) is 63.7 Å². The first-order chi connectivity index (χ1) is 11.4. The minimum atomic E-state index is -4.47. The van der Waals surface area contributed by atoms with Gasteiger partial charge in [0.25, 0.3) is 0 Å². The molecule has 5 nitrogen and oxygen atoms in total. The van der Waals surface area contributed by atoms with Crippen molar-refractivity contribution in [3.8, 4) is 23.1 Å². The van der Waals surface area contributed by atoms with E-state index in [1.165, 1.54) is 6.20 Å². The minimum Gasteiger partial charge on any atom is -0.468 e. The Kier molecular flexibility index (Phi) is 3.85. The van der Waals surface area contributed by atoms with Gasteiger partial charge in [-0.15, -0.1) is 0 Å². The number of nitrogens with zero attached hydrogens (tertiary/aromatic N) is 4. The zero-order valence-electron chi connectivity index (χ0n) is 12.5. The molecule has 1 aromatic carbocycles. The number of nitriles is 1. The summed E-state index contributed by atoms with van der Waals surface area (Å²) in [5.41, 5.74) is 1.64. The Hall–Kier alpha value is -3.08. The maximum atomic E-state index is 12.4. The summed E-state index contributed by atoms with van der Waals surface area (Å²) in [5.74, 6) is -0.160. The molecule has 0 aliphatic rings. The highest BCUT2D eigenvalue weighted by Gasteiger charge is 2.29. The van der Waals surface area contributed by atoms with E-state index >= 15 is 0 Å². The molecule has 0 amide bonds. The van der Waals surface area contributed by atoms with Crippen LogP contribution in [0.4, 0.5) is 13.2 Å². The van der Waals surface area contributed by atoms with Gasteiger partial charge in [0.05, 0.1) is 17.8 Å². The van der Waals surface area contributed by atoms with Crippen LogP contribution in [0.2, 0.25) is 0 Å². The first kappa shape index (κ1) is 15.8. The van der Waals surface area contributed by atoms with Crippen LogP contribution in [0.25, 0.3) is 21.9 Å². The Morgan fingerprint density at radius 2 is 2.08 bits per heavy atom. The van der Waals surface area contributed by atoms with Crippen molar-refractivity contribution in [1.82, 2.24) is 14.8 Å². The van der Waals surface area contributed by atoms with Crippen LogP contribution in [-0.2, 0) is 7.05 Å². The zero-order valence-corrected chi connectivity index (χ0v) is 12.5. The van der Waals surface area contributed by atoms with Gasteiger partial charge >= 0.3 is 6.18 Å². The third kappa shape index (κ3) is 3.01. The van der Waals surface area contributed by atoms with Crippen LogP contribution in [0.3, 0.4) is 0 Å². The summed E-state index contributed by atoms with van der Waals surface area (Å²) in [7, 11) is 1.74. The molecule has 122 valence electrons. The van der Waals surface area contributed by atoms with Crippen LogP contribution in [0.15, 0.2) is 36.8 Å². The zero-order chi connectivity index (χ0) is 17.3. The standard InChI is InChI=1S/C16H11F3N4O/c1-23-8-11(6-22-23)13-7-21-15(24-9-16(17,18)19)12-4-2-3-10(5-20)14(12)13/h2-4,6-8H,9H2,1H3. The number of hydrogen-bond acceptors (Lipinski definition) is 4. The van der Waals surface area contributed by atoms with Crippen LogP contribution in [-0.4, -0.2) is 27.5 Å². The van der Waals surface area contributed by atoms with Crippen molar-refractivity contribution in [2.45, 2.75) is 6.18 Å². The van der Waals surface area contributed by atoms with Gasteiger partial charge < -0.3 is 4.74 Å². The molecule has 8 heteroatoms. The van der Waals surface area contributed by atoms with E-state index in [1.54, 1.807) is 42.3 Å². The second-order valence-corrected chi connectivity index (χ2v) is 5.12. The van der Waals surface area contributed by atoms with Crippen LogP contribution in [0, 0.1) is 11.3 Å². The second-order valence-electron chi connectivity index (χ2n) is 5.12. The molecule has 0 saturated heterocycles. The van der Waals surface area contributed by atoms with Crippen LogP contribution in [0.1, 0.15) is 5.56 Å². The molecular weight excluding hydrogens is 321 g/mol. The van der Waals surface area contributed by atoms with E-state index in [4.69, 9.17) is 4.74 Å². The number of ether oxygens (including phenoxy) is 1. The first-order valence-electron chi connectivity index (χ1n) is 6.89. The third-order valence-electron chi connectivity index (χ3n) is 3.38. The molecule has 2 heterocycles. The van der Waals surface area contributed by atoms with Crippen molar-refractivity contribution in [1.29, 1.82) is 5.26 Å². The number of fused-ring (bicyclic) bond motifs is 1. The smallest absolute Gasteiger partial charge is 0.422 e. The van der Waals surface area contributed by atoms with Crippen molar-refractivity contribution in [3.05, 3.63) is 42.4 Å². The van der Waals surface area contributed by atoms with Gasteiger partial charge in [0.15, 0.2) is 6.61 Å². The number of alkyl halides is 3. The van der Waals surface area contributed by atoms with E-state index in [1.807, 2.05) is 0 Å². The largest absolute Gasteiger partial charge is 0.468 e. The fourth-order valence-corrected chi connectivity index (χ4v) is 2.42. The Balaban J connectivity index is 2.20. The van der Waals surface area contributed by atoms with E-state index in [2.05, 4.69) is 16.2 Å². The number of aromatic nitrogens is 3. The van der Waals surface area contributed by atoms with E-state index in [0.717, 1.165) is 0 Å². The summed E-state index contributed by atoms with van der Waals surface area (Å²) in [6.45, 7) is -1.45. The number of benzene rings is 1. The van der Waals surface area contributed by atoms with Gasteiger partial charge in [-0.25, -0.2) is 4.98 Å². The fourth-order valence-electron chi connectivity index (χ4n) is 2.42. The van der Waals surface area contributed by atoms with Crippen molar-refractivity contribution in [2.75, 3.05) is 6.61 Å². The number of aryl methyl sites for hydroxylation is 1. The summed E-state index contributed by atoms with van der Waals surface area (Å²) in [6, 6.07) is 6.80. The second kappa shape index (κ2) is 5.85. The molecule has 3 aromatic rings. The van der Waals surface area contributed by atoms with Crippen molar-refractivity contribution in [3.63, 3.8) is 0 Å². The monoisotopic (exact) mass is 332 g/mol. The highest BCUT2D eigenvalue weighted by atomic mass is 19.4. The number of halogens is 3. The molecule has 0 spiro atoms. The lowest BCUT2D eigenvalue weighted by Gasteiger charge is -2.13. The van der Waals surface area contributed by atoms with Gasteiger partial charge in [-0.2, -0.15) is 23.5 Å². The number of pyridine rings is 1. The molecule has 2 aromatic heterocycles. The molecule has 0 aliphatic carbocycles. The van der Waals surface area contributed by atoms with Gasteiger partial charge in [0.1, 0.15) is 0 Å². The quantitative estimate of drug-likeness (QED) is 0.737. The van der Waals surface area contributed by atoms with E-state index in [-0.39, 0.29) is 5.88 Å². The summed E-state index contributed by atoms with van der Waals surface area (Å²) >= 11 is 0. The lowest BCUT2D eigenvalue weighted by molar-refractivity contribution is -0.153. The molecule has 0 bridgehead atoms. The highest BCUT2D eigenvalue weighted by molar-refractivity contribution is 6.02. The van der Waals surface area contributed by atoms with Crippen LogP contribution in [0.5, 0.6) is 5.88 Å². The molecule has 3 rings (SSSR count). The SMILES string of the molecule is Cn1cc(-c2cnc(OCC(F)(F)F)c3cccc(C#N)c23)cn1. The Bertz CT molecular complexity index is 941. The molecule has 0 atom stereocenters. The molecule has 24 heavy (non-hydrogen) atoms. The predicted molar refractivity (Wildman–Crippen MR) is 80.2 cm³/mol.